The van der Waals surface area contributed by atoms with E-state index in [0.717, 1.165) is 38.4 Å². The van der Waals surface area contributed by atoms with Crippen LogP contribution in [0.25, 0.3) is 0 Å². The lowest BCUT2D eigenvalue weighted by molar-refractivity contribution is 0.134. The Hall–Kier alpha value is -2.38. The van der Waals surface area contributed by atoms with Crippen molar-refractivity contribution in [1.82, 2.24) is 30.2 Å². The summed E-state index contributed by atoms with van der Waals surface area (Å²) in [4.78, 5) is 9.72. The van der Waals surface area contributed by atoms with E-state index in [9.17, 15) is 0 Å². The van der Waals surface area contributed by atoms with Crippen molar-refractivity contribution in [2.24, 2.45) is 12.0 Å². The first-order valence-electron chi connectivity index (χ1n) is 11.4. The first-order chi connectivity index (χ1) is 15.0. The Morgan fingerprint density at radius 2 is 2.06 bits per heavy atom. The number of hydrogen-bond acceptors (Lipinski definition) is 4. The predicted molar refractivity (Wildman–Crippen MR) is 128 cm³/mol. The average molecular weight is 426 g/mol. The Bertz CT molecular complexity index is 814. The van der Waals surface area contributed by atoms with Gasteiger partial charge in [0.1, 0.15) is 0 Å². The van der Waals surface area contributed by atoms with Gasteiger partial charge in [-0.25, -0.2) is 0 Å². The lowest BCUT2D eigenvalue weighted by atomic mass is 9.97. The minimum Gasteiger partial charge on any atom is -0.357 e. The van der Waals surface area contributed by atoms with Gasteiger partial charge in [0.15, 0.2) is 5.96 Å². The summed E-state index contributed by atoms with van der Waals surface area (Å²) in [7, 11) is 6.14. The van der Waals surface area contributed by atoms with Crippen LogP contribution in [0.4, 0.5) is 0 Å². The van der Waals surface area contributed by atoms with Crippen molar-refractivity contribution in [2.75, 3.05) is 33.7 Å². The smallest absolute Gasteiger partial charge is 0.191 e. The molecule has 3 rings (SSSR count). The highest BCUT2D eigenvalue weighted by Gasteiger charge is 2.26. The van der Waals surface area contributed by atoms with Crippen LogP contribution in [0.2, 0.25) is 0 Å². The van der Waals surface area contributed by atoms with Crippen molar-refractivity contribution < 1.29 is 0 Å². The Balaban J connectivity index is 1.58. The number of nitrogens with zero attached hydrogens (tertiary/aromatic N) is 5. The van der Waals surface area contributed by atoms with Crippen molar-refractivity contribution in [2.45, 2.75) is 51.4 Å². The molecule has 1 aliphatic rings. The van der Waals surface area contributed by atoms with Gasteiger partial charge in [0, 0.05) is 50.5 Å². The maximum absolute atomic E-state index is 4.93. The van der Waals surface area contributed by atoms with E-state index in [0.29, 0.717) is 18.6 Å². The largest absolute Gasteiger partial charge is 0.357 e. The Morgan fingerprint density at radius 3 is 2.68 bits per heavy atom. The summed E-state index contributed by atoms with van der Waals surface area (Å²) in [5.74, 6) is 0.909. The van der Waals surface area contributed by atoms with Gasteiger partial charge in [-0.1, -0.05) is 30.3 Å². The molecule has 0 radical (unpaired) electrons. The fourth-order valence-electron chi connectivity index (χ4n) is 4.27. The van der Waals surface area contributed by atoms with Gasteiger partial charge in [0.2, 0.25) is 0 Å². The van der Waals surface area contributed by atoms with E-state index in [4.69, 9.17) is 4.99 Å². The number of guanidine groups is 1. The number of aliphatic imine (C=N–C) groups is 1. The van der Waals surface area contributed by atoms with Crippen LogP contribution in [0.15, 0.2) is 47.7 Å². The van der Waals surface area contributed by atoms with E-state index in [2.05, 4.69) is 90.0 Å². The number of rotatable bonds is 8. The SMILES string of the molecule is CCNC(=NCC(c1cnn(C)c1)N(C)C)NC1CCN(Cc2ccccc2)C(C)C1. The normalized spacial score (nSPS) is 21.3. The number of aromatic nitrogens is 2. The van der Waals surface area contributed by atoms with E-state index in [1.807, 2.05) is 17.9 Å². The Kier molecular flexibility index (Phi) is 8.49. The van der Waals surface area contributed by atoms with Crippen LogP contribution in [-0.2, 0) is 13.6 Å². The lowest BCUT2D eigenvalue weighted by Crippen LogP contribution is -2.51. The zero-order valence-electron chi connectivity index (χ0n) is 19.8. The van der Waals surface area contributed by atoms with Crippen LogP contribution in [0.3, 0.4) is 0 Å². The molecule has 7 heteroatoms. The second-order valence-electron chi connectivity index (χ2n) is 8.82. The predicted octanol–water partition coefficient (Wildman–Crippen LogP) is 2.63. The maximum Gasteiger partial charge on any atom is 0.191 e. The molecule has 2 heterocycles. The van der Waals surface area contributed by atoms with Crippen molar-refractivity contribution in [3.05, 3.63) is 53.9 Å². The first-order valence-corrected chi connectivity index (χ1v) is 11.4. The van der Waals surface area contributed by atoms with Gasteiger partial charge in [-0.15, -0.1) is 0 Å². The minimum atomic E-state index is 0.204. The third kappa shape index (κ3) is 6.80. The van der Waals surface area contributed by atoms with E-state index >= 15 is 0 Å². The third-order valence-electron chi connectivity index (χ3n) is 6.08. The van der Waals surface area contributed by atoms with Gasteiger partial charge in [0.25, 0.3) is 0 Å². The molecule has 1 aliphatic heterocycles. The molecule has 1 saturated heterocycles. The highest BCUT2D eigenvalue weighted by Crippen LogP contribution is 2.20. The summed E-state index contributed by atoms with van der Waals surface area (Å²) < 4.78 is 1.85. The quantitative estimate of drug-likeness (QED) is 0.503. The monoisotopic (exact) mass is 425 g/mol. The van der Waals surface area contributed by atoms with Gasteiger partial charge in [0.05, 0.1) is 18.8 Å². The molecule has 1 aromatic heterocycles. The highest BCUT2D eigenvalue weighted by atomic mass is 15.3. The topological polar surface area (TPSA) is 60.7 Å². The molecule has 1 fully saturated rings. The van der Waals surface area contributed by atoms with Gasteiger partial charge in [-0.2, -0.15) is 5.10 Å². The summed E-state index contributed by atoms with van der Waals surface area (Å²) >= 11 is 0. The summed E-state index contributed by atoms with van der Waals surface area (Å²) in [6, 6.07) is 12.0. The van der Waals surface area contributed by atoms with Crippen LogP contribution in [0, 0.1) is 0 Å². The number of benzene rings is 1. The van der Waals surface area contributed by atoms with Crippen LogP contribution >= 0.6 is 0 Å². The molecule has 0 saturated carbocycles. The Labute approximate surface area is 187 Å². The van der Waals surface area contributed by atoms with Crippen molar-refractivity contribution in [3.8, 4) is 0 Å². The summed E-state index contributed by atoms with van der Waals surface area (Å²) in [5.41, 5.74) is 2.58. The molecule has 2 aromatic rings. The molecule has 2 N–H and O–H groups in total. The zero-order chi connectivity index (χ0) is 22.2. The van der Waals surface area contributed by atoms with E-state index in [-0.39, 0.29) is 6.04 Å². The lowest BCUT2D eigenvalue weighted by Gasteiger charge is -2.38. The molecule has 0 amide bonds. The number of nitrogens with one attached hydrogen (secondary N) is 2. The van der Waals surface area contributed by atoms with Crippen LogP contribution in [0.5, 0.6) is 0 Å². The first kappa shape index (κ1) is 23.3. The minimum absolute atomic E-state index is 0.204. The molecular formula is C24H39N7. The molecule has 0 spiro atoms. The second-order valence-corrected chi connectivity index (χ2v) is 8.82. The van der Waals surface area contributed by atoms with Crippen molar-refractivity contribution >= 4 is 5.96 Å². The molecule has 31 heavy (non-hydrogen) atoms. The average Bonchev–Trinajstić information content (AvgIpc) is 3.16. The maximum atomic E-state index is 4.93. The third-order valence-corrected chi connectivity index (χ3v) is 6.08. The van der Waals surface area contributed by atoms with Crippen LogP contribution in [-0.4, -0.2) is 71.4 Å². The van der Waals surface area contributed by atoms with Gasteiger partial charge >= 0.3 is 0 Å². The van der Waals surface area contributed by atoms with Crippen molar-refractivity contribution in [3.63, 3.8) is 0 Å². The number of piperidine rings is 1. The number of aryl methyl sites for hydroxylation is 1. The molecule has 7 nitrogen and oxygen atoms in total. The standard InChI is InChI=1S/C24H39N7/c1-6-25-24(26-16-23(29(3)4)21-15-27-30(5)18-21)28-22-12-13-31(19(2)14-22)17-20-10-8-7-9-11-20/h7-11,15,18-19,22-23H,6,12-14,16-17H2,1-5H3,(H2,25,26,28). The molecule has 0 aliphatic carbocycles. The number of likely N-dealkylation sites (tertiary alicyclic amines) is 1. The zero-order valence-corrected chi connectivity index (χ0v) is 19.8. The van der Waals surface area contributed by atoms with E-state index < -0.39 is 0 Å². The number of hydrogen-bond donors (Lipinski definition) is 2. The summed E-state index contributed by atoms with van der Waals surface area (Å²) in [5, 5.41) is 11.5. The van der Waals surface area contributed by atoms with Crippen LogP contribution in [0.1, 0.15) is 43.9 Å². The Morgan fingerprint density at radius 1 is 1.29 bits per heavy atom. The van der Waals surface area contributed by atoms with Crippen molar-refractivity contribution in [1.29, 1.82) is 0 Å². The summed E-state index contributed by atoms with van der Waals surface area (Å²) in [6.07, 6.45) is 6.26. The van der Waals surface area contributed by atoms with Gasteiger partial charge in [-0.05, 0) is 46.3 Å². The molecule has 0 bridgehead atoms. The van der Waals surface area contributed by atoms with Gasteiger partial charge in [-0.3, -0.25) is 14.6 Å². The van der Waals surface area contributed by atoms with Gasteiger partial charge < -0.3 is 15.5 Å². The highest BCUT2D eigenvalue weighted by molar-refractivity contribution is 5.80. The van der Waals surface area contributed by atoms with E-state index in [1.165, 1.54) is 11.1 Å². The van der Waals surface area contributed by atoms with E-state index in [1.54, 1.807) is 0 Å². The fourth-order valence-corrected chi connectivity index (χ4v) is 4.27. The molecular weight excluding hydrogens is 386 g/mol. The molecule has 3 unspecified atom stereocenters. The fraction of sp³-hybridized carbons (Fsp3) is 0.583. The molecule has 1 aromatic carbocycles. The summed E-state index contributed by atoms with van der Waals surface area (Å²) in [6.45, 7) is 8.13. The number of likely N-dealkylation sites (N-methyl/N-ethyl adjacent to an activating group) is 1. The molecule has 3 atom stereocenters. The second kappa shape index (κ2) is 11.3. The van der Waals surface area contributed by atoms with Crippen LogP contribution < -0.4 is 10.6 Å². The molecule has 170 valence electrons.